The summed E-state index contributed by atoms with van der Waals surface area (Å²) in [7, 11) is -4.08. The lowest BCUT2D eigenvalue weighted by Gasteiger charge is -2.16. The molecule has 0 aliphatic rings. The normalized spacial score (nSPS) is 13.2. The van der Waals surface area contributed by atoms with Crippen LogP contribution in [0.5, 0.6) is 0 Å². The van der Waals surface area contributed by atoms with Crippen LogP contribution in [0.15, 0.2) is 23.1 Å². The number of thioether (sulfide) groups is 1. The van der Waals surface area contributed by atoms with E-state index >= 15 is 0 Å². The second-order valence-electron chi connectivity index (χ2n) is 4.13. The van der Waals surface area contributed by atoms with Gasteiger partial charge in [-0.15, -0.1) is 0 Å². The van der Waals surface area contributed by atoms with Crippen LogP contribution in [0.3, 0.4) is 0 Å². The van der Waals surface area contributed by atoms with Crippen LogP contribution >= 0.6 is 11.8 Å². The molecule has 112 valence electrons. The van der Waals surface area contributed by atoms with Crippen LogP contribution < -0.4 is 4.72 Å². The molecule has 2 N–H and O–H groups in total. The Labute approximate surface area is 121 Å². The maximum atomic E-state index is 13.7. The smallest absolute Gasteiger partial charge is 0.335 e. The van der Waals surface area contributed by atoms with E-state index in [-0.39, 0.29) is 11.6 Å². The van der Waals surface area contributed by atoms with Gasteiger partial charge >= 0.3 is 5.97 Å². The molecule has 0 saturated carbocycles. The standard InChI is InChI=1S/C12H16FNO4S2/c1-3-9(7-19-2)14-20(17,18)11-6-8(12(15)16)4-5-10(11)13/h4-6,9,14H,3,7H2,1-2H3,(H,15,16). The maximum Gasteiger partial charge on any atom is 0.335 e. The molecule has 0 heterocycles. The first kappa shape index (κ1) is 16.9. The van der Waals surface area contributed by atoms with Gasteiger partial charge in [0, 0.05) is 11.8 Å². The highest BCUT2D eigenvalue weighted by atomic mass is 32.2. The number of rotatable bonds is 7. The molecule has 0 spiro atoms. The quantitative estimate of drug-likeness (QED) is 0.802. The topological polar surface area (TPSA) is 83.5 Å². The molecule has 20 heavy (non-hydrogen) atoms. The molecule has 0 radical (unpaired) electrons. The lowest BCUT2D eigenvalue weighted by molar-refractivity contribution is 0.0696. The van der Waals surface area contributed by atoms with E-state index in [2.05, 4.69) is 4.72 Å². The molecule has 5 nitrogen and oxygen atoms in total. The van der Waals surface area contributed by atoms with E-state index < -0.39 is 26.7 Å². The molecule has 0 saturated heterocycles. The van der Waals surface area contributed by atoms with Crippen molar-refractivity contribution in [3.63, 3.8) is 0 Å². The van der Waals surface area contributed by atoms with Crippen LogP contribution in [-0.2, 0) is 10.0 Å². The number of hydrogen-bond acceptors (Lipinski definition) is 4. The fourth-order valence-electron chi connectivity index (χ4n) is 1.56. The number of nitrogens with one attached hydrogen (secondary N) is 1. The second kappa shape index (κ2) is 7.05. The average Bonchev–Trinajstić information content (AvgIpc) is 2.37. The van der Waals surface area contributed by atoms with Crippen LogP contribution in [-0.4, -0.2) is 37.5 Å². The van der Waals surface area contributed by atoms with Gasteiger partial charge < -0.3 is 5.11 Å². The van der Waals surface area contributed by atoms with E-state index in [9.17, 15) is 17.6 Å². The molecule has 0 bridgehead atoms. The van der Waals surface area contributed by atoms with Crippen LogP contribution in [0.1, 0.15) is 23.7 Å². The van der Waals surface area contributed by atoms with Crippen molar-refractivity contribution in [3.8, 4) is 0 Å². The SMILES string of the molecule is CCC(CSC)NS(=O)(=O)c1cc(C(=O)O)ccc1F. The van der Waals surface area contributed by atoms with E-state index in [0.717, 1.165) is 18.2 Å². The number of carbonyl (C=O) groups is 1. The number of carboxylic acid groups (broad SMARTS) is 1. The number of benzene rings is 1. The van der Waals surface area contributed by atoms with Gasteiger partial charge in [0.25, 0.3) is 0 Å². The zero-order chi connectivity index (χ0) is 15.3. The molecule has 1 unspecified atom stereocenters. The van der Waals surface area contributed by atoms with Crippen molar-refractivity contribution in [2.45, 2.75) is 24.3 Å². The third-order valence-electron chi connectivity index (χ3n) is 2.65. The van der Waals surface area contributed by atoms with Crippen molar-refractivity contribution in [1.29, 1.82) is 0 Å². The summed E-state index contributed by atoms with van der Waals surface area (Å²) >= 11 is 1.47. The molecule has 1 atom stereocenters. The molecule has 0 fully saturated rings. The largest absolute Gasteiger partial charge is 0.478 e. The van der Waals surface area contributed by atoms with Gasteiger partial charge in [-0.2, -0.15) is 11.8 Å². The van der Waals surface area contributed by atoms with Gasteiger partial charge in [0.1, 0.15) is 10.7 Å². The Kier molecular flexibility index (Phi) is 5.97. The van der Waals surface area contributed by atoms with Crippen molar-refractivity contribution in [2.24, 2.45) is 0 Å². The van der Waals surface area contributed by atoms with E-state index in [1.165, 1.54) is 11.8 Å². The van der Waals surface area contributed by atoms with E-state index in [0.29, 0.717) is 12.2 Å². The van der Waals surface area contributed by atoms with Crippen LogP contribution in [0.2, 0.25) is 0 Å². The van der Waals surface area contributed by atoms with Gasteiger partial charge in [-0.3, -0.25) is 0 Å². The molecule has 1 aromatic carbocycles. The van der Waals surface area contributed by atoms with Crippen molar-refractivity contribution in [1.82, 2.24) is 4.72 Å². The van der Waals surface area contributed by atoms with E-state index in [4.69, 9.17) is 5.11 Å². The third-order valence-corrected chi connectivity index (χ3v) is 4.92. The monoisotopic (exact) mass is 321 g/mol. The van der Waals surface area contributed by atoms with Gasteiger partial charge in [-0.05, 0) is 30.9 Å². The summed E-state index contributed by atoms with van der Waals surface area (Å²) < 4.78 is 40.3. The van der Waals surface area contributed by atoms with Crippen LogP contribution in [0.4, 0.5) is 4.39 Å². The summed E-state index contributed by atoms with van der Waals surface area (Å²) in [4.78, 5) is 10.2. The van der Waals surface area contributed by atoms with Gasteiger partial charge in [-0.25, -0.2) is 22.3 Å². The molecule has 0 aliphatic heterocycles. The zero-order valence-electron chi connectivity index (χ0n) is 11.1. The van der Waals surface area contributed by atoms with Gasteiger partial charge in [0.2, 0.25) is 10.0 Å². The average molecular weight is 321 g/mol. The zero-order valence-corrected chi connectivity index (χ0v) is 12.7. The Hall–Kier alpha value is -1.12. The summed E-state index contributed by atoms with van der Waals surface area (Å²) in [5.74, 6) is -1.73. The fraction of sp³-hybridized carbons (Fsp3) is 0.417. The first-order valence-electron chi connectivity index (χ1n) is 5.86. The highest BCUT2D eigenvalue weighted by molar-refractivity contribution is 7.98. The van der Waals surface area contributed by atoms with Crippen molar-refractivity contribution in [3.05, 3.63) is 29.6 Å². The number of halogens is 1. The van der Waals surface area contributed by atoms with Crippen molar-refractivity contribution in [2.75, 3.05) is 12.0 Å². The van der Waals surface area contributed by atoms with Gasteiger partial charge in [0.05, 0.1) is 5.56 Å². The van der Waals surface area contributed by atoms with Gasteiger partial charge in [-0.1, -0.05) is 6.92 Å². The molecule has 1 rings (SSSR count). The number of sulfonamides is 1. The predicted octanol–water partition coefficient (Wildman–Crippen LogP) is 1.94. The molecular weight excluding hydrogens is 305 g/mol. The maximum absolute atomic E-state index is 13.7. The minimum atomic E-state index is -4.08. The summed E-state index contributed by atoms with van der Waals surface area (Å²) in [5.41, 5.74) is -0.273. The van der Waals surface area contributed by atoms with Crippen molar-refractivity contribution >= 4 is 27.8 Å². The summed E-state index contributed by atoms with van der Waals surface area (Å²) in [6.07, 6.45) is 2.39. The lowest BCUT2D eigenvalue weighted by atomic mass is 10.2. The lowest BCUT2D eigenvalue weighted by Crippen LogP contribution is -2.36. The summed E-state index contributed by atoms with van der Waals surface area (Å²) in [5, 5.41) is 8.84. The molecule has 8 heteroatoms. The van der Waals surface area contributed by atoms with Crippen LogP contribution in [0.25, 0.3) is 0 Å². The number of carboxylic acids is 1. The highest BCUT2D eigenvalue weighted by Crippen LogP contribution is 2.18. The summed E-state index contributed by atoms with van der Waals surface area (Å²) in [6.45, 7) is 1.81. The van der Waals surface area contributed by atoms with E-state index in [1.54, 1.807) is 0 Å². The minimum absolute atomic E-state index is 0.273. The molecule has 0 aliphatic carbocycles. The molecular formula is C12H16FNO4S2. The highest BCUT2D eigenvalue weighted by Gasteiger charge is 2.23. The Morgan fingerprint density at radius 1 is 1.50 bits per heavy atom. The Bertz CT molecular complexity index is 589. The molecule has 0 amide bonds. The Morgan fingerprint density at radius 3 is 2.65 bits per heavy atom. The van der Waals surface area contributed by atoms with Crippen LogP contribution in [0, 0.1) is 5.82 Å². The Balaban J connectivity index is 3.14. The van der Waals surface area contributed by atoms with Gasteiger partial charge in [0.15, 0.2) is 0 Å². The number of hydrogen-bond donors (Lipinski definition) is 2. The third kappa shape index (κ3) is 4.19. The molecule has 1 aromatic rings. The number of aromatic carboxylic acids is 1. The summed E-state index contributed by atoms with van der Waals surface area (Å²) in [6, 6.07) is 2.36. The second-order valence-corrected chi connectivity index (χ2v) is 6.73. The van der Waals surface area contributed by atoms with Crippen molar-refractivity contribution < 1.29 is 22.7 Å². The fourth-order valence-corrected chi connectivity index (χ4v) is 3.81. The van der Waals surface area contributed by atoms with E-state index in [1.807, 2.05) is 13.2 Å². The Morgan fingerprint density at radius 2 is 2.15 bits per heavy atom. The predicted molar refractivity (Wildman–Crippen MR) is 76.1 cm³/mol. The first-order chi connectivity index (χ1) is 9.31. The molecule has 0 aromatic heterocycles. The first-order valence-corrected chi connectivity index (χ1v) is 8.73. The minimum Gasteiger partial charge on any atom is -0.478 e.